The van der Waals surface area contributed by atoms with Crippen LogP contribution in [-0.4, -0.2) is 21.1 Å². The van der Waals surface area contributed by atoms with Crippen molar-refractivity contribution in [2.75, 3.05) is 5.73 Å². The number of nitrogens with zero attached hydrogens (tertiary/aromatic N) is 3. The average molecular weight is 309 g/mol. The molecule has 0 fully saturated rings. The Bertz CT molecular complexity index is 667. The highest BCUT2D eigenvalue weighted by Crippen LogP contribution is 2.25. The number of hydrogen-bond donors (Lipinski definition) is 1. The third-order valence-corrected chi connectivity index (χ3v) is 3.71. The van der Waals surface area contributed by atoms with E-state index in [4.69, 9.17) is 22.2 Å². The number of anilines is 1. The van der Waals surface area contributed by atoms with Crippen molar-refractivity contribution in [2.24, 2.45) is 5.41 Å². The summed E-state index contributed by atoms with van der Waals surface area (Å²) in [5, 5.41) is 8.17. The maximum absolute atomic E-state index is 12.0. The molecule has 0 atom stereocenters. The Morgan fingerprint density at radius 3 is 2.81 bits per heavy atom. The van der Waals surface area contributed by atoms with Gasteiger partial charge >= 0.3 is 5.97 Å². The highest BCUT2D eigenvalue weighted by molar-refractivity contribution is 6.33. The van der Waals surface area contributed by atoms with E-state index in [2.05, 4.69) is 10.3 Å². The molecule has 0 aliphatic carbocycles. The number of nitrogens with two attached hydrogens (primary N) is 1. The van der Waals surface area contributed by atoms with Crippen LogP contribution in [0.4, 0.5) is 5.69 Å². The zero-order valence-electron chi connectivity index (χ0n) is 12.1. The maximum Gasteiger partial charge on any atom is 0.340 e. The van der Waals surface area contributed by atoms with Crippen LogP contribution in [0.1, 0.15) is 27.2 Å². The van der Waals surface area contributed by atoms with Gasteiger partial charge in [0.1, 0.15) is 5.69 Å². The molecule has 0 saturated heterocycles. The largest absolute Gasteiger partial charge is 0.398 e. The first-order valence-electron chi connectivity index (χ1n) is 6.54. The van der Waals surface area contributed by atoms with Crippen LogP contribution in [-0.2, 0) is 4.79 Å². The normalized spacial score (nSPS) is 11.4. The summed E-state index contributed by atoms with van der Waals surface area (Å²) in [6.45, 7) is 5.55. The van der Waals surface area contributed by atoms with Crippen LogP contribution in [0.5, 0.6) is 0 Å². The molecule has 2 rings (SSSR count). The Kier molecular flexibility index (Phi) is 4.18. The predicted octanol–water partition coefficient (Wildman–Crippen LogP) is 2.57. The third kappa shape index (κ3) is 3.33. The third-order valence-electron chi connectivity index (χ3n) is 3.38. The van der Waals surface area contributed by atoms with Gasteiger partial charge in [0, 0.05) is 5.56 Å². The van der Waals surface area contributed by atoms with Gasteiger partial charge in [0.25, 0.3) is 0 Å². The molecule has 0 bridgehead atoms. The highest BCUT2D eigenvalue weighted by atomic mass is 35.5. The first-order chi connectivity index (χ1) is 9.83. The summed E-state index contributed by atoms with van der Waals surface area (Å²) in [7, 11) is 0. The minimum Gasteiger partial charge on any atom is -0.398 e. The summed E-state index contributed by atoms with van der Waals surface area (Å²) in [4.78, 5) is 18.2. The van der Waals surface area contributed by atoms with Crippen LogP contribution in [0.15, 0.2) is 24.4 Å². The number of benzene rings is 1. The maximum atomic E-state index is 12.0. The molecule has 0 amide bonds. The van der Waals surface area contributed by atoms with Crippen LogP contribution in [0, 0.1) is 5.41 Å². The molecule has 0 aliphatic heterocycles. The smallest absolute Gasteiger partial charge is 0.340 e. The number of carbonyl (C=O) groups is 1. The van der Waals surface area contributed by atoms with E-state index in [0.717, 1.165) is 10.4 Å². The first kappa shape index (κ1) is 15.3. The van der Waals surface area contributed by atoms with Crippen molar-refractivity contribution < 1.29 is 9.63 Å². The van der Waals surface area contributed by atoms with Crippen LogP contribution < -0.4 is 10.6 Å². The number of nitrogen functional groups attached to an aromatic ring is 1. The van der Waals surface area contributed by atoms with Crippen molar-refractivity contribution in [3.05, 3.63) is 29.4 Å². The van der Waals surface area contributed by atoms with E-state index in [9.17, 15) is 4.79 Å². The van der Waals surface area contributed by atoms with E-state index < -0.39 is 5.41 Å². The topological polar surface area (TPSA) is 83.0 Å². The fourth-order valence-corrected chi connectivity index (χ4v) is 1.65. The van der Waals surface area contributed by atoms with Gasteiger partial charge in [-0.3, -0.25) is 0 Å². The fourth-order valence-electron chi connectivity index (χ4n) is 1.46. The van der Waals surface area contributed by atoms with Gasteiger partial charge in [0.05, 0.1) is 22.3 Å². The van der Waals surface area contributed by atoms with Gasteiger partial charge < -0.3 is 10.6 Å². The van der Waals surface area contributed by atoms with E-state index >= 15 is 0 Å². The average Bonchev–Trinajstić information content (AvgIpc) is 2.90. The lowest BCUT2D eigenvalue weighted by Gasteiger charge is -2.18. The van der Waals surface area contributed by atoms with Gasteiger partial charge in [-0.25, -0.2) is 4.79 Å². The van der Waals surface area contributed by atoms with Crippen molar-refractivity contribution in [3.8, 4) is 11.3 Å². The van der Waals surface area contributed by atoms with Gasteiger partial charge in [-0.2, -0.15) is 0 Å². The van der Waals surface area contributed by atoms with E-state index in [1.165, 1.54) is 6.20 Å². The Balaban J connectivity index is 2.18. The molecule has 112 valence electrons. The Morgan fingerprint density at radius 1 is 1.48 bits per heavy atom. The van der Waals surface area contributed by atoms with Crippen molar-refractivity contribution in [2.45, 2.75) is 27.2 Å². The molecular formula is C14H17ClN4O2. The molecule has 2 aromatic rings. The van der Waals surface area contributed by atoms with Crippen molar-refractivity contribution in [3.63, 3.8) is 0 Å². The molecule has 1 aromatic carbocycles. The SMILES string of the molecule is CCC(C)(C)C(=O)On1cc(-c2ccc(N)c(Cl)c2)nn1. The molecule has 21 heavy (non-hydrogen) atoms. The fraction of sp³-hybridized carbons (Fsp3) is 0.357. The van der Waals surface area contributed by atoms with E-state index in [-0.39, 0.29) is 5.97 Å². The summed E-state index contributed by atoms with van der Waals surface area (Å²) in [5.74, 6) is -0.364. The molecule has 0 saturated carbocycles. The molecule has 0 radical (unpaired) electrons. The quantitative estimate of drug-likeness (QED) is 0.693. The second kappa shape index (κ2) is 5.73. The minimum absolute atomic E-state index is 0.364. The van der Waals surface area contributed by atoms with Crippen LogP contribution >= 0.6 is 11.6 Å². The summed E-state index contributed by atoms with van der Waals surface area (Å²) in [6.07, 6.45) is 2.19. The van der Waals surface area contributed by atoms with Crippen LogP contribution in [0.2, 0.25) is 5.02 Å². The summed E-state index contributed by atoms with van der Waals surface area (Å²) < 4.78 is 0. The molecule has 1 heterocycles. The molecule has 2 N–H and O–H groups in total. The molecule has 0 spiro atoms. The number of halogens is 1. The Labute approximate surface area is 127 Å². The zero-order valence-corrected chi connectivity index (χ0v) is 12.9. The number of carbonyl (C=O) groups excluding carboxylic acids is 1. The van der Waals surface area contributed by atoms with Crippen molar-refractivity contribution in [1.82, 2.24) is 15.2 Å². The van der Waals surface area contributed by atoms with Crippen molar-refractivity contribution in [1.29, 1.82) is 0 Å². The molecule has 0 aliphatic rings. The number of rotatable bonds is 4. The Morgan fingerprint density at radius 2 is 2.19 bits per heavy atom. The molecular weight excluding hydrogens is 292 g/mol. The van der Waals surface area contributed by atoms with E-state index in [1.807, 2.05) is 20.8 Å². The van der Waals surface area contributed by atoms with Crippen LogP contribution in [0.25, 0.3) is 11.3 Å². The molecule has 0 unspecified atom stereocenters. The second-order valence-corrected chi connectivity index (χ2v) is 5.77. The van der Waals surface area contributed by atoms with Gasteiger partial charge in [0.15, 0.2) is 0 Å². The number of aromatic nitrogens is 3. The van der Waals surface area contributed by atoms with Crippen LogP contribution in [0.3, 0.4) is 0 Å². The molecule has 6 nitrogen and oxygen atoms in total. The lowest BCUT2D eigenvalue weighted by atomic mass is 9.91. The standard InChI is InChI=1S/C14H17ClN4O2/c1-4-14(2,3)13(20)21-19-8-12(17-18-19)9-5-6-11(16)10(15)7-9/h5-8H,4,16H2,1-3H3. The molecule has 7 heteroatoms. The van der Waals surface area contributed by atoms with Gasteiger partial charge in [0.2, 0.25) is 0 Å². The lowest BCUT2D eigenvalue weighted by molar-refractivity contribution is -0.156. The van der Waals surface area contributed by atoms with E-state index in [1.54, 1.807) is 18.2 Å². The van der Waals surface area contributed by atoms with Crippen molar-refractivity contribution >= 4 is 23.3 Å². The first-order valence-corrected chi connectivity index (χ1v) is 6.92. The summed E-state index contributed by atoms with van der Waals surface area (Å²) in [6, 6.07) is 5.14. The highest BCUT2D eigenvalue weighted by Gasteiger charge is 2.28. The lowest BCUT2D eigenvalue weighted by Crippen LogP contribution is -2.33. The Hall–Kier alpha value is -2.08. The second-order valence-electron chi connectivity index (χ2n) is 5.36. The predicted molar refractivity (Wildman–Crippen MR) is 80.5 cm³/mol. The van der Waals surface area contributed by atoms with Gasteiger partial charge in [-0.1, -0.05) is 29.4 Å². The molecule has 1 aromatic heterocycles. The summed E-state index contributed by atoms with van der Waals surface area (Å²) in [5.41, 5.74) is 6.86. The van der Waals surface area contributed by atoms with E-state index in [0.29, 0.717) is 22.8 Å². The van der Waals surface area contributed by atoms with Gasteiger partial charge in [-0.05, 0) is 37.6 Å². The summed E-state index contributed by atoms with van der Waals surface area (Å²) >= 11 is 5.97. The number of hydrogen-bond acceptors (Lipinski definition) is 5. The monoisotopic (exact) mass is 308 g/mol. The zero-order chi connectivity index (χ0) is 15.6. The minimum atomic E-state index is -0.573. The van der Waals surface area contributed by atoms with Gasteiger partial charge in [-0.15, -0.1) is 5.10 Å².